The molecule has 0 bridgehead atoms. The molecule has 2 aromatic rings. The number of alkyl halides is 1. The van der Waals surface area contributed by atoms with Gasteiger partial charge in [0.25, 0.3) is 0 Å². The number of nitrogens with zero attached hydrogens (tertiary/aromatic N) is 4. The van der Waals surface area contributed by atoms with Gasteiger partial charge in [0.05, 0.1) is 11.6 Å². The number of halogens is 1. The highest BCUT2D eigenvalue weighted by atomic mass is 35.5. The summed E-state index contributed by atoms with van der Waals surface area (Å²) in [6.45, 7) is 10.5. The number of rotatable bonds is 6. The Morgan fingerprint density at radius 2 is 2.05 bits per heavy atom. The molecule has 0 unspecified atom stereocenters. The molecule has 0 aliphatic heterocycles. The maximum atomic E-state index is 6.04. The van der Waals surface area contributed by atoms with Crippen LogP contribution in [0.3, 0.4) is 0 Å². The van der Waals surface area contributed by atoms with Crippen LogP contribution in [0.15, 0.2) is 0 Å². The highest BCUT2D eigenvalue weighted by Gasteiger charge is 2.17. The van der Waals surface area contributed by atoms with Crippen LogP contribution in [0.1, 0.15) is 45.1 Å². The molecule has 0 spiro atoms. The zero-order valence-electron chi connectivity index (χ0n) is 12.3. The molecule has 0 aliphatic carbocycles. The largest absolute Gasteiger partial charge is 0.312 e. The first-order chi connectivity index (χ1) is 9.08. The van der Waals surface area contributed by atoms with E-state index in [1.54, 1.807) is 0 Å². The van der Waals surface area contributed by atoms with E-state index >= 15 is 0 Å². The summed E-state index contributed by atoms with van der Waals surface area (Å²) >= 11 is 6.04. The number of hydrogen-bond donors (Lipinski definition) is 0. The van der Waals surface area contributed by atoms with Crippen LogP contribution in [0.2, 0.25) is 0 Å². The van der Waals surface area contributed by atoms with Crippen molar-refractivity contribution in [2.75, 3.05) is 0 Å². The van der Waals surface area contributed by atoms with Crippen LogP contribution in [-0.4, -0.2) is 19.3 Å². The Morgan fingerprint density at radius 3 is 2.63 bits per heavy atom. The molecule has 19 heavy (non-hydrogen) atoms. The van der Waals surface area contributed by atoms with Gasteiger partial charge in [-0.05, 0) is 32.6 Å². The third-order valence-corrected chi connectivity index (χ3v) is 3.70. The van der Waals surface area contributed by atoms with Crippen molar-refractivity contribution in [1.82, 2.24) is 19.3 Å². The predicted octanol–water partition coefficient (Wildman–Crippen LogP) is 3.74. The molecule has 0 saturated carbocycles. The molecule has 2 rings (SSSR count). The van der Waals surface area contributed by atoms with Crippen LogP contribution in [0.25, 0.3) is 11.2 Å². The van der Waals surface area contributed by atoms with Crippen LogP contribution in [0, 0.1) is 12.8 Å². The lowest BCUT2D eigenvalue weighted by Crippen LogP contribution is -2.08. The van der Waals surface area contributed by atoms with Crippen molar-refractivity contribution in [2.24, 2.45) is 5.92 Å². The summed E-state index contributed by atoms with van der Waals surface area (Å²) in [6.07, 6.45) is 2.38. The minimum Gasteiger partial charge on any atom is -0.312 e. The standard InChI is InChI=1S/C14H23ClN4/c1-5-19-14-13(11(4)17-19)16-12(9-15)18(14)8-6-7-10(2)3/h10H,5-9H2,1-4H3. The Labute approximate surface area is 119 Å². The number of aryl methyl sites for hydroxylation is 3. The Hall–Kier alpha value is -1.03. The molecule has 0 atom stereocenters. The second-order valence-electron chi connectivity index (χ2n) is 5.42. The van der Waals surface area contributed by atoms with E-state index in [9.17, 15) is 0 Å². The van der Waals surface area contributed by atoms with Gasteiger partial charge >= 0.3 is 0 Å². The second kappa shape index (κ2) is 5.95. The fourth-order valence-electron chi connectivity index (χ4n) is 2.48. The van der Waals surface area contributed by atoms with Gasteiger partial charge in [0.15, 0.2) is 5.65 Å². The Kier molecular flexibility index (Phi) is 4.50. The first-order valence-electron chi connectivity index (χ1n) is 7.06. The molecular formula is C14H23ClN4. The Morgan fingerprint density at radius 1 is 1.32 bits per heavy atom. The monoisotopic (exact) mass is 282 g/mol. The van der Waals surface area contributed by atoms with Gasteiger partial charge in [0.2, 0.25) is 0 Å². The highest BCUT2D eigenvalue weighted by Crippen LogP contribution is 2.22. The third-order valence-electron chi connectivity index (χ3n) is 3.46. The summed E-state index contributed by atoms with van der Waals surface area (Å²) in [5.41, 5.74) is 3.12. The molecule has 0 N–H and O–H groups in total. The van der Waals surface area contributed by atoms with Gasteiger partial charge in [0.1, 0.15) is 11.3 Å². The van der Waals surface area contributed by atoms with E-state index in [4.69, 9.17) is 11.6 Å². The normalized spacial score (nSPS) is 11.9. The molecule has 0 saturated heterocycles. The molecule has 0 amide bonds. The zero-order valence-corrected chi connectivity index (χ0v) is 13.0. The van der Waals surface area contributed by atoms with Crippen LogP contribution in [0.4, 0.5) is 0 Å². The molecular weight excluding hydrogens is 260 g/mol. The van der Waals surface area contributed by atoms with Gasteiger partial charge in [-0.1, -0.05) is 13.8 Å². The molecule has 5 heteroatoms. The maximum Gasteiger partial charge on any atom is 0.158 e. The number of fused-ring (bicyclic) bond motifs is 1. The third kappa shape index (κ3) is 2.78. The first-order valence-corrected chi connectivity index (χ1v) is 7.60. The van der Waals surface area contributed by atoms with Gasteiger partial charge in [0, 0.05) is 13.1 Å². The molecule has 2 heterocycles. The fourth-order valence-corrected chi connectivity index (χ4v) is 2.69. The minimum absolute atomic E-state index is 0.458. The first kappa shape index (κ1) is 14.4. The van der Waals surface area contributed by atoms with Crippen LogP contribution in [0.5, 0.6) is 0 Å². The molecule has 0 aliphatic rings. The highest BCUT2D eigenvalue weighted by molar-refractivity contribution is 6.16. The average molecular weight is 283 g/mol. The lowest BCUT2D eigenvalue weighted by molar-refractivity contribution is 0.505. The summed E-state index contributed by atoms with van der Waals surface area (Å²) in [6, 6.07) is 0. The zero-order chi connectivity index (χ0) is 14.0. The quantitative estimate of drug-likeness (QED) is 0.757. The summed E-state index contributed by atoms with van der Waals surface area (Å²) in [5, 5.41) is 4.54. The average Bonchev–Trinajstić information content (AvgIpc) is 2.88. The van der Waals surface area contributed by atoms with Gasteiger partial charge in [-0.3, -0.25) is 0 Å². The van der Waals surface area contributed by atoms with Crippen LogP contribution >= 0.6 is 11.6 Å². The predicted molar refractivity (Wildman–Crippen MR) is 79.6 cm³/mol. The number of hydrogen-bond acceptors (Lipinski definition) is 2. The van der Waals surface area contributed by atoms with E-state index in [0.29, 0.717) is 5.88 Å². The Bertz CT molecular complexity index is 553. The van der Waals surface area contributed by atoms with Crippen molar-refractivity contribution >= 4 is 22.8 Å². The summed E-state index contributed by atoms with van der Waals surface area (Å²) in [5.74, 6) is 2.15. The van der Waals surface area contributed by atoms with Crippen molar-refractivity contribution in [3.63, 3.8) is 0 Å². The van der Waals surface area contributed by atoms with E-state index in [0.717, 1.165) is 48.1 Å². The van der Waals surface area contributed by atoms with E-state index in [-0.39, 0.29) is 0 Å². The van der Waals surface area contributed by atoms with Crippen molar-refractivity contribution < 1.29 is 0 Å². The van der Waals surface area contributed by atoms with Crippen molar-refractivity contribution in [3.8, 4) is 0 Å². The van der Waals surface area contributed by atoms with Crippen molar-refractivity contribution in [1.29, 1.82) is 0 Å². The summed E-state index contributed by atoms with van der Waals surface area (Å²) in [7, 11) is 0. The topological polar surface area (TPSA) is 35.6 Å². The lowest BCUT2D eigenvalue weighted by atomic mass is 10.1. The molecule has 2 aromatic heterocycles. The Balaban J connectivity index is 2.38. The SMILES string of the molecule is CCn1nc(C)c2nc(CCl)n(CCCC(C)C)c21. The van der Waals surface area contributed by atoms with Gasteiger partial charge < -0.3 is 4.57 Å². The minimum atomic E-state index is 0.458. The molecule has 106 valence electrons. The van der Waals surface area contributed by atoms with E-state index in [1.807, 2.05) is 11.6 Å². The van der Waals surface area contributed by atoms with Crippen LogP contribution in [-0.2, 0) is 19.0 Å². The smallest absolute Gasteiger partial charge is 0.158 e. The fraction of sp³-hybridized carbons (Fsp3) is 0.714. The number of imidazole rings is 1. The summed E-state index contributed by atoms with van der Waals surface area (Å²) in [4.78, 5) is 4.64. The molecule has 0 fully saturated rings. The van der Waals surface area contributed by atoms with E-state index in [2.05, 4.69) is 35.4 Å². The van der Waals surface area contributed by atoms with E-state index in [1.165, 1.54) is 6.42 Å². The van der Waals surface area contributed by atoms with E-state index < -0.39 is 0 Å². The lowest BCUT2D eigenvalue weighted by Gasteiger charge is -2.10. The summed E-state index contributed by atoms with van der Waals surface area (Å²) < 4.78 is 4.28. The maximum absolute atomic E-state index is 6.04. The molecule has 0 radical (unpaired) electrons. The van der Waals surface area contributed by atoms with Gasteiger partial charge in [-0.15, -0.1) is 11.6 Å². The van der Waals surface area contributed by atoms with Gasteiger partial charge in [-0.2, -0.15) is 5.10 Å². The molecule has 0 aromatic carbocycles. The number of aromatic nitrogens is 4. The van der Waals surface area contributed by atoms with Crippen molar-refractivity contribution in [2.45, 2.75) is 59.5 Å². The van der Waals surface area contributed by atoms with Crippen molar-refractivity contribution in [3.05, 3.63) is 11.5 Å². The van der Waals surface area contributed by atoms with Crippen LogP contribution < -0.4 is 0 Å². The second-order valence-corrected chi connectivity index (χ2v) is 5.69. The van der Waals surface area contributed by atoms with Gasteiger partial charge in [-0.25, -0.2) is 9.67 Å². The molecule has 4 nitrogen and oxygen atoms in total.